The summed E-state index contributed by atoms with van der Waals surface area (Å²) in [7, 11) is 0. The lowest BCUT2D eigenvalue weighted by Crippen LogP contribution is -2.32. The van der Waals surface area contributed by atoms with Crippen molar-refractivity contribution >= 4 is 32.6 Å². The van der Waals surface area contributed by atoms with Crippen molar-refractivity contribution in [2.45, 2.75) is 6.10 Å². The number of carbonyl (C=O) groups excluding carboxylic acids is 1. The summed E-state index contributed by atoms with van der Waals surface area (Å²) in [5.74, 6) is -0.128. The van der Waals surface area contributed by atoms with Gasteiger partial charge in [0.2, 0.25) is 0 Å². The van der Waals surface area contributed by atoms with Crippen LogP contribution in [0.25, 0.3) is 10.8 Å². The quantitative estimate of drug-likeness (QED) is 0.637. The number of benzene rings is 3. The third kappa shape index (κ3) is 4.80. The Bertz CT molecular complexity index is 915. The monoisotopic (exact) mass is 417 g/mol. The molecule has 3 rings (SSSR count). The Kier molecular flexibility index (Phi) is 5.85. The summed E-state index contributed by atoms with van der Waals surface area (Å²) in [4.78, 5) is 11.9. The van der Waals surface area contributed by atoms with Crippen molar-refractivity contribution in [3.05, 3.63) is 76.5 Å². The van der Waals surface area contributed by atoms with Crippen molar-refractivity contribution in [1.82, 2.24) is 5.32 Å². The van der Waals surface area contributed by atoms with Crippen LogP contribution in [-0.2, 0) is 4.79 Å². The van der Waals surface area contributed by atoms with Crippen LogP contribution in [0, 0.1) is 5.82 Å². The lowest BCUT2D eigenvalue weighted by atomic mass is 10.1. The van der Waals surface area contributed by atoms with E-state index in [1.54, 1.807) is 6.07 Å². The molecule has 1 unspecified atom stereocenters. The second-order valence-corrected chi connectivity index (χ2v) is 6.73. The summed E-state index contributed by atoms with van der Waals surface area (Å²) < 4.78 is 19.4. The van der Waals surface area contributed by atoms with E-state index in [9.17, 15) is 14.3 Å². The van der Waals surface area contributed by atoms with Crippen molar-refractivity contribution in [3.8, 4) is 5.75 Å². The van der Waals surface area contributed by atoms with E-state index in [-0.39, 0.29) is 24.9 Å². The van der Waals surface area contributed by atoms with Crippen LogP contribution in [0.5, 0.6) is 5.75 Å². The van der Waals surface area contributed by atoms with E-state index in [1.165, 1.54) is 24.3 Å². The maximum Gasteiger partial charge on any atom is 0.258 e. The zero-order chi connectivity index (χ0) is 18.5. The fourth-order valence-corrected chi connectivity index (χ4v) is 2.88. The van der Waals surface area contributed by atoms with Crippen LogP contribution in [0.1, 0.15) is 11.7 Å². The van der Waals surface area contributed by atoms with E-state index >= 15 is 0 Å². The minimum absolute atomic E-state index is 0.0274. The molecule has 1 amide bonds. The van der Waals surface area contributed by atoms with Gasteiger partial charge >= 0.3 is 0 Å². The summed E-state index contributed by atoms with van der Waals surface area (Å²) in [5, 5.41) is 14.7. The molecule has 0 saturated carbocycles. The zero-order valence-corrected chi connectivity index (χ0v) is 15.4. The molecule has 0 saturated heterocycles. The molecule has 0 aliphatic rings. The lowest BCUT2D eigenvalue weighted by molar-refractivity contribution is -0.123. The Labute approximate surface area is 158 Å². The van der Waals surface area contributed by atoms with Gasteiger partial charge in [0.05, 0.1) is 6.10 Å². The molecule has 0 heterocycles. The Hall–Kier alpha value is -2.44. The van der Waals surface area contributed by atoms with Crippen LogP contribution >= 0.6 is 15.9 Å². The first-order valence-electron chi connectivity index (χ1n) is 8.03. The van der Waals surface area contributed by atoms with Crippen molar-refractivity contribution in [2.75, 3.05) is 13.2 Å². The molecule has 2 N–H and O–H groups in total. The maximum absolute atomic E-state index is 12.9. The van der Waals surface area contributed by atoms with Crippen molar-refractivity contribution < 1.29 is 19.0 Å². The number of aliphatic hydroxyl groups excluding tert-OH is 1. The first-order chi connectivity index (χ1) is 12.5. The van der Waals surface area contributed by atoms with Gasteiger partial charge in [-0.1, -0.05) is 40.2 Å². The zero-order valence-electron chi connectivity index (χ0n) is 13.8. The summed E-state index contributed by atoms with van der Waals surface area (Å²) in [6.07, 6.45) is -0.904. The summed E-state index contributed by atoms with van der Waals surface area (Å²) >= 11 is 3.43. The number of halogens is 2. The third-order valence-corrected chi connectivity index (χ3v) is 4.38. The van der Waals surface area contributed by atoms with E-state index < -0.39 is 6.10 Å². The highest BCUT2D eigenvalue weighted by atomic mass is 79.9. The molecule has 4 nitrogen and oxygen atoms in total. The van der Waals surface area contributed by atoms with Gasteiger partial charge in [-0.15, -0.1) is 0 Å². The molecule has 0 fully saturated rings. The van der Waals surface area contributed by atoms with Gasteiger partial charge in [-0.25, -0.2) is 4.39 Å². The average Bonchev–Trinajstić information content (AvgIpc) is 2.65. The number of aliphatic hydroxyl groups is 1. The molecule has 3 aromatic carbocycles. The fraction of sp³-hybridized carbons (Fsp3) is 0.150. The Morgan fingerprint density at radius 2 is 1.77 bits per heavy atom. The Morgan fingerprint density at radius 1 is 1.08 bits per heavy atom. The van der Waals surface area contributed by atoms with Gasteiger partial charge in [0.25, 0.3) is 5.91 Å². The SMILES string of the molecule is O=C(COc1ccc2cc(Br)ccc2c1)NCC(O)c1ccc(F)cc1. The number of ether oxygens (including phenoxy) is 1. The molecule has 134 valence electrons. The summed E-state index contributed by atoms with van der Waals surface area (Å²) in [6.45, 7) is -0.127. The van der Waals surface area contributed by atoms with Crippen LogP contribution in [-0.4, -0.2) is 24.2 Å². The van der Waals surface area contributed by atoms with Gasteiger partial charge in [0.1, 0.15) is 11.6 Å². The molecule has 0 bridgehead atoms. The van der Waals surface area contributed by atoms with E-state index in [4.69, 9.17) is 4.74 Å². The van der Waals surface area contributed by atoms with Crippen molar-refractivity contribution in [3.63, 3.8) is 0 Å². The van der Waals surface area contributed by atoms with Gasteiger partial charge < -0.3 is 15.2 Å². The second-order valence-electron chi connectivity index (χ2n) is 5.81. The molecule has 26 heavy (non-hydrogen) atoms. The van der Waals surface area contributed by atoms with E-state index in [2.05, 4.69) is 21.2 Å². The first kappa shape index (κ1) is 18.4. The number of rotatable bonds is 6. The predicted octanol–water partition coefficient (Wildman–Crippen LogP) is 3.97. The smallest absolute Gasteiger partial charge is 0.258 e. The number of amides is 1. The van der Waals surface area contributed by atoms with E-state index in [0.717, 1.165) is 15.2 Å². The minimum Gasteiger partial charge on any atom is -0.484 e. The van der Waals surface area contributed by atoms with Gasteiger partial charge in [-0.2, -0.15) is 0 Å². The van der Waals surface area contributed by atoms with Crippen LogP contribution in [0.2, 0.25) is 0 Å². The second kappa shape index (κ2) is 8.29. The fourth-order valence-electron chi connectivity index (χ4n) is 2.50. The van der Waals surface area contributed by atoms with Crippen LogP contribution < -0.4 is 10.1 Å². The lowest BCUT2D eigenvalue weighted by Gasteiger charge is -2.13. The average molecular weight is 418 g/mol. The number of carbonyl (C=O) groups is 1. The Balaban J connectivity index is 1.50. The predicted molar refractivity (Wildman–Crippen MR) is 102 cm³/mol. The molecular weight excluding hydrogens is 401 g/mol. The minimum atomic E-state index is -0.904. The Morgan fingerprint density at radius 3 is 2.54 bits per heavy atom. The first-order valence-corrected chi connectivity index (χ1v) is 8.83. The van der Waals surface area contributed by atoms with Gasteiger partial charge in [-0.3, -0.25) is 4.79 Å². The molecule has 0 spiro atoms. The molecular formula is C20H17BrFNO3. The van der Waals surface area contributed by atoms with Crippen molar-refractivity contribution in [1.29, 1.82) is 0 Å². The third-order valence-electron chi connectivity index (χ3n) is 3.89. The number of nitrogens with one attached hydrogen (secondary N) is 1. The number of hydrogen-bond donors (Lipinski definition) is 2. The van der Waals surface area contributed by atoms with Crippen molar-refractivity contribution in [2.24, 2.45) is 0 Å². The molecule has 0 aromatic heterocycles. The maximum atomic E-state index is 12.9. The number of hydrogen-bond acceptors (Lipinski definition) is 3. The molecule has 0 aliphatic heterocycles. The van der Waals surface area contributed by atoms with E-state index in [0.29, 0.717) is 11.3 Å². The van der Waals surface area contributed by atoms with Gasteiger partial charge in [0, 0.05) is 11.0 Å². The number of fused-ring (bicyclic) bond motifs is 1. The van der Waals surface area contributed by atoms with Crippen LogP contribution in [0.4, 0.5) is 4.39 Å². The van der Waals surface area contributed by atoms with Crippen LogP contribution in [0.3, 0.4) is 0 Å². The summed E-state index contributed by atoms with van der Waals surface area (Å²) in [6, 6.07) is 17.0. The van der Waals surface area contributed by atoms with Gasteiger partial charge in [-0.05, 0) is 52.7 Å². The highest BCUT2D eigenvalue weighted by molar-refractivity contribution is 9.10. The normalized spacial score (nSPS) is 12.0. The molecule has 1 atom stereocenters. The molecule has 3 aromatic rings. The molecule has 0 aliphatic carbocycles. The van der Waals surface area contributed by atoms with Crippen LogP contribution in [0.15, 0.2) is 65.1 Å². The highest BCUT2D eigenvalue weighted by Gasteiger charge is 2.10. The standard InChI is InChI=1S/C20H17BrFNO3/c21-16-5-1-15-10-18(8-4-14(15)9-16)26-12-20(25)23-11-19(24)13-2-6-17(22)7-3-13/h1-10,19,24H,11-12H2,(H,23,25). The molecule has 0 radical (unpaired) electrons. The highest BCUT2D eigenvalue weighted by Crippen LogP contribution is 2.24. The van der Waals surface area contributed by atoms with Gasteiger partial charge in [0.15, 0.2) is 6.61 Å². The van der Waals surface area contributed by atoms with E-state index in [1.807, 2.05) is 30.3 Å². The topological polar surface area (TPSA) is 58.6 Å². The summed E-state index contributed by atoms with van der Waals surface area (Å²) in [5.41, 5.74) is 0.535. The molecule has 6 heteroatoms. The largest absolute Gasteiger partial charge is 0.484 e.